The van der Waals surface area contributed by atoms with Gasteiger partial charge < -0.3 is 27.9 Å². The first-order chi connectivity index (χ1) is 34.1. The standard InChI is InChI=1S/C19H21BN2O4S.C13H9BrN2O2S.C12H24B2O4.C8H7N/c1-18(2)19(3,4)26-20(25-18)16-13-22(17-15(16)11-8-12-21-17)27(23,24)14-9-6-5-7-10-14;14-12-9-16(13-11(12)7-4-8-15-13)19(17,18)10-5-2-1-3-6-10;1-9(2)10(3,4)16-13(15-9)14-17-11(5,6)12(7,8)18-14;1-3-7-4-2-6-9-8(7)5-1/h5-13H,1-4H3;1-9H;1-8H3;1-4,6H,5H2. The van der Waals surface area contributed by atoms with Gasteiger partial charge in [0.2, 0.25) is 0 Å². The van der Waals surface area contributed by atoms with Crippen molar-refractivity contribution >= 4 is 90.7 Å². The lowest BCUT2D eigenvalue weighted by atomic mass is 9.49. The normalized spacial score (nSPS) is 19.7. The number of halogens is 1. The van der Waals surface area contributed by atoms with Crippen LogP contribution < -0.4 is 5.46 Å². The number of hydrogen-bond donors (Lipinski definition) is 0. The van der Waals surface area contributed by atoms with Crippen LogP contribution >= 0.6 is 15.9 Å². The van der Waals surface area contributed by atoms with Gasteiger partial charge in [-0.2, -0.15) is 0 Å². The first kappa shape index (κ1) is 54.3. The van der Waals surface area contributed by atoms with Crippen LogP contribution in [0.25, 0.3) is 28.1 Å². The molecule has 0 spiro atoms. The molecule has 0 unspecified atom stereocenters. The minimum absolute atomic E-state index is 0.202. The molecule has 21 heteroatoms. The first-order valence-electron chi connectivity index (χ1n) is 23.9. The zero-order valence-electron chi connectivity index (χ0n) is 43.2. The van der Waals surface area contributed by atoms with E-state index in [1.165, 1.54) is 25.4 Å². The molecule has 0 N–H and O–H groups in total. The van der Waals surface area contributed by atoms with E-state index in [2.05, 4.69) is 49.1 Å². The Hall–Kier alpha value is -4.96. The van der Waals surface area contributed by atoms with E-state index in [1.54, 1.807) is 91.4 Å². The van der Waals surface area contributed by atoms with Gasteiger partial charge in [-0.1, -0.05) is 54.6 Å². The maximum Gasteiger partial charge on any atom is 0.497 e. The topological polar surface area (TPSA) is 172 Å². The molecule has 3 aliphatic heterocycles. The van der Waals surface area contributed by atoms with E-state index in [0.717, 1.165) is 11.8 Å². The number of allylic oxidation sites excluding steroid dienone is 1. The number of nitrogens with zero attached hydrogens (tertiary/aromatic N) is 5. The van der Waals surface area contributed by atoms with Gasteiger partial charge in [-0.3, -0.25) is 4.98 Å². The molecular weight excluding hydrogens is 1030 g/mol. The van der Waals surface area contributed by atoms with Crippen molar-refractivity contribution in [3.8, 4) is 0 Å². The summed E-state index contributed by atoms with van der Waals surface area (Å²) in [6, 6.07) is 27.9. The second-order valence-corrected chi connectivity index (χ2v) is 25.5. The molecule has 8 heterocycles. The average Bonchev–Trinajstić information content (AvgIpc) is 4.17. The molecule has 0 bridgehead atoms. The molecule has 0 radical (unpaired) electrons. The molecule has 0 atom stereocenters. The number of pyridine rings is 3. The van der Waals surface area contributed by atoms with Crippen molar-refractivity contribution in [1.29, 1.82) is 0 Å². The molecule has 1 aliphatic carbocycles. The van der Waals surface area contributed by atoms with Gasteiger partial charge in [0.1, 0.15) is 0 Å². The third kappa shape index (κ3) is 10.7. The third-order valence-electron chi connectivity index (χ3n) is 14.5. The van der Waals surface area contributed by atoms with E-state index in [0.29, 0.717) is 26.6 Å². The summed E-state index contributed by atoms with van der Waals surface area (Å²) in [6.07, 6.45) is 13.3. The summed E-state index contributed by atoms with van der Waals surface area (Å²) in [4.78, 5) is 13.1. The van der Waals surface area contributed by atoms with E-state index in [-0.39, 0.29) is 32.2 Å². The smallest absolute Gasteiger partial charge is 0.405 e. The lowest BCUT2D eigenvalue weighted by Crippen LogP contribution is -2.41. The molecule has 2 aromatic carbocycles. The van der Waals surface area contributed by atoms with E-state index in [1.807, 2.05) is 107 Å². The van der Waals surface area contributed by atoms with Crippen molar-refractivity contribution in [3.63, 3.8) is 0 Å². The van der Waals surface area contributed by atoms with Crippen LogP contribution in [0.1, 0.15) is 94.3 Å². The van der Waals surface area contributed by atoms with Crippen LogP contribution in [-0.2, 0) is 54.4 Å². The Morgan fingerprint density at radius 1 is 0.493 bits per heavy atom. The SMILES string of the molecule is C1=Cc2cccnc2C1.CC1(C)OB(B2OC(C)(C)C(C)(C)O2)OC1(C)C.CC1(C)OB(c2cn(S(=O)(=O)c3ccccc3)c3ncccc23)OC1(C)C.O=S(=O)(c1ccccc1)n1cc(Br)c2cccnc21. The molecule has 0 amide bonds. The summed E-state index contributed by atoms with van der Waals surface area (Å²) in [5.41, 5.74) is 1.42. The highest BCUT2D eigenvalue weighted by Gasteiger charge is 2.64. The van der Waals surface area contributed by atoms with Crippen LogP contribution in [0.2, 0.25) is 0 Å². The molecule has 3 fully saturated rings. The average molecular weight is 1090 g/mol. The lowest BCUT2D eigenvalue weighted by Gasteiger charge is -2.32. The van der Waals surface area contributed by atoms with Gasteiger partial charge in [-0.15, -0.1) is 0 Å². The molecule has 15 nitrogen and oxygen atoms in total. The quantitative estimate of drug-likeness (QED) is 0.144. The Morgan fingerprint density at radius 3 is 1.36 bits per heavy atom. The highest BCUT2D eigenvalue weighted by molar-refractivity contribution is 9.10. The van der Waals surface area contributed by atoms with Crippen molar-refractivity contribution in [2.45, 2.75) is 133 Å². The summed E-state index contributed by atoms with van der Waals surface area (Å²) in [7, 11) is -9.03. The highest BCUT2D eigenvalue weighted by Crippen LogP contribution is 2.43. The van der Waals surface area contributed by atoms with E-state index >= 15 is 0 Å². The van der Waals surface area contributed by atoms with E-state index in [4.69, 9.17) is 27.9 Å². The van der Waals surface area contributed by atoms with Crippen LogP contribution in [-0.4, -0.2) is 94.5 Å². The van der Waals surface area contributed by atoms with Crippen LogP contribution in [0.15, 0.2) is 148 Å². The number of fused-ring (bicyclic) bond motifs is 3. The van der Waals surface area contributed by atoms with Crippen LogP contribution in [0.3, 0.4) is 0 Å². The Labute approximate surface area is 438 Å². The van der Waals surface area contributed by atoms with Gasteiger partial charge in [0.15, 0.2) is 11.3 Å². The molecule has 382 valence electrons. The monoisotopic (exact) mass is 1090 g/mol. The van der Waals surface area contributed by atoms with Gasteiger partial charge in [-0.05, 0) is 159 Å². The summed E-state index contributed by atoms with van der Waals surface area (Å²) < 4.78 is 90.7. The fourth-order valence-electron chi connectivity index (χ4n) is 8.05. The second kappa shape index (κ2) is 20.0. The van der Waals surface area contributed by atoms with Gasteiger partial charge in [0.25, 0.3) is 20.0 Å². The zero-order valence-corrected chi connectivity index (χ0v) is 46.5. The van der Waals surface area contributed by atoms with E-state index in [9.17, 15) is 16.8 Å². The van der Waals surface area contributed by atoms with Crippen molar-refractivity contribution in [1.82, 2.24) is 22.9 Å². The second-order valence-electron chi connectivity index (χ2n) is 21.0. The number of hydrogen-bond acceptors (Lipinski definition) is 13. The Bertz CT molecular complexity index is 3310. The number of benzene rings is 2. The van der Waals surface area contributed by atoms with Crippen LogP contribution in [0, 0.1) is 0 Å². The lowest BCUT2D eigenvalue weighted by molar-refractivity contribution is 0.00578. The Balaban J connectivity index is 0.000000137. The van der Waals surface area contributed by atoms with Crippen molar-refractivity contribution < 1.29 is 44.8 Å². The predicted molar refractivity (Wildman–Crippen MR) is 290 cm³/mol. The van der Waals surface area contributed by atoms with Crippen molar-refractivity contribution in [3.05, 3.63) is 150 Å². The zero-order chi connectivity index (χ0) is 53.0. The minimum Gasteiger partial charge on any atom is -0.405 e. The maximum atomic E-state index is 13.2. The molecule has 11 rings (SSSR count). The van der Waals surface area contributed by atoms with Gasteiger partial charge in [-0.25, -0.2) is 34.7 Å². The molecule has 0 saturated carbocycles. The summed E-state index contributed by atoms with van der Waals surface area (Å²) in [5, 5.41) is 1.46. The van der Waals surface area contributed by atoms with Crippen LogP contribution in [0.5, 0.6) is 0 Å². The molecule has 73 heavy (non-hydrogen) atoms. The Morgan fingerprint density at radius 2 is 0.890 bits per heavy atom. The molecular formula is C52H61B3BrN5O10S2. The highest BCUT2D eigenvalue weighted by atomic mass is 79.9. The fourth-order valence-corrected chi connectivity index (χ4v) is 11.4. The number of rotatable bonds is 6. The summed E-state index contributed by atoms with van der Waals surface area (Å²) in [6.45, 7) is 24.1. The van der Waals surface area contributed by atoms with Gasteiger partial charge in [0.05, 0.1) is 49.1 Å². The van der Waals surface area contributed by atoms with Gasteiger partial charge in [0, 0.05) is 58.1 Å². The molecule has 7 aromatic rings. The largest absolute Gasteiger partial charge is 0.497 e. The fraction of sp³-hybridized carbons (Fsp3) is 0.365. The number of aromatic nitrogens is 5. The van der Waals surface area contributed by atoms with Gasteiger partial charge >= 0.3 is 21.1 Å². The van der Waals surface area contributed by atoms with Crippen molar-refractivity contribution in [2.24, 2.45) is 0 Å². The van der Waals surface area contributed by atoms with Crippen molar-refractivity contribution in [2.75, 3.05) is 0 Å². The predicted octanol–water partition coefficient (Wildman–Crippen LogP) is 9.51. The Kier molecular flexibility index (Phi) is 14.8. The summed E-state index contributed by atoms with van der Waals surface area (Å²) >= 11 is 3.36. The maximum absolute atomic E-state index is 13.2. The summed E-state index contributed by atoms with van der Waals surface area (Å²) in [5.74, 6) is 0. The minimum atomic E-state index is -3.79. The first-order valence-corrected chi connectivity index (χ1v) is 27.6. The van der Waals surface area contributed by atoms with Crippen LogP contribution in [0.4, 0.5) is 0 Å². The third-order valence-corrected chi connectivity index (χ3v) is 18.4. The molecule has 3 saturated heterocycles. The molecule has 4 aliphatic rings. The molecule has 5 aromatic heterocycles. The van der Waals surface area contributed by atoms with E-state index < -0.39 is 52.4 Å².